The largest absolute Gasteiger partial charge is 0.264 e. The van der Waals surface area contributed by atoms with E-state index >= 15 is 0 Å². The van der Waals surface area contributed by atoms with Gasteiger partial charge in [-0.15, -0.1) is 12.4 Å². The molecule has 0 N–H and O–H groups in total. The summed E-state index contributed by atoms with van der Waals surface area (Å²) >= 11 is 0. The molecule has 0 radical (unpaired) electrons. The van der Waals surface area contributed by atoms with Gasteiger partial charge in [0.2, 0.25) is 0 Å². The molecule has 0 bridgehead atoms. The molecule has 2 aromatic heterocycles. The van der Waals surface area contributed by atoms with Gasteiger partial charge in [0.1, 0.15) is 0 Å². The Morgan fingerprint density at radius 3 is 2.57 bits per heavy atom. The topological polar surface area (TPSA) is 25.8 Å². The van der Waals surface area contributed by atoms with Crippen LogP contribution in [0.15, 0.2) is 30.7 Å². The zero-order chi connectivity index (χ0) is 14.2. The summed E-state index contributed by atoms with van der Waals surface area (Å²) in [4.78, 5) is 8.87. The summed E-state index contributed by atoms with van der Waals surface area (Å²) < 4.78 is 0. The molecule has 0 saturated carbocycles. The van der Waals surface area contributed by atoms with E-state index < -0.39 is 0 Å². The standard InChI is InChI=1S/C18H26N2.ClH/c1-3-5-6-7-8-9-15(4-2)18-17-11-12-19-14-16(17)10-13-20-18;/h10-15H,3-9H2,1-2H3;1H. The normalized spacial score (nSPS) is 12.1. The SMILES string of the molecule is CCCCCCCC(CC)c1nccc2cnccc12.Cl. The van der Waals surface area contributed by atoms with Gasteiger partial charge in [-0.3, -0.25) is 9.97 Å². The van der Waals surface area contributed by atoms with Crippen LogP contribution in [-0.2, 0) is 0 Å². The van der Waals surface area contributed by atoms with Gasteiger partial charge < -0.3 is 0 Å². The lowest BCUT2D eigenvalue weighted by atomic mass is 9.92. The predicted molar refractivity (Wildman–Crippen MR) is 93.2 cm³/mol. The van der Waals surface area contributed by atoms with Gasteiger partial charge in [0.05, 0.1) is 5.69 Å². The van der Waals surface area contributed by atoms with Crippen molar-refractivity contribution in [2.45, 2.75) is 64.7 Å². The lowest BCUT2D eigenvalue weighted by Crippen LogP contribution is -2.02. The highest BCUT2D eigenvalue weighted by Crippen LogP contribution is 2.29. The zero-order valence-electron chi connectivity index (χ0n) is 13.2. The maximum atomic E-state index is 4.67. The van der Waals surface area contributed by atoms with Crippen molar-refractivity contribution in [3.63, 3.8) is 0 Å². The molecule has 0 aromatic carbocycles. The molecular weight excluding hydrogens is 280 g/mol. The van der Waals surface area contributed by atoms with E-state index in [1.807, 2.05) is 18.6 Å². The fourth-order valence-electron chi connectivity index (χ4n) is 2.89. The van der Waals surface area contributed by atoms with Gasteiger partial charge >= 0.3 is 0 Å². The van der Waals surface area contributed by atoms with Crippen molar-refractivity contribution in [3.05, 3.63) is 36.4 Å². The first kappa shape index (κ1) is 17.9. The number of hydrogen-bond donors (Lipinski definition) is 0. The molecule has 0 spiro atoms. The van der Waals surface area contributed by atoms with Gasteiger partial charge in [-0.1, -0.05) is 46.0 Å². The van der Waals surface area contributed by atoms with E-state index in [9.17, 15) is 0 Å². The molecule has 0 saturated heterocycles. The molecule has 2 nitrogen and oxygen atoms in total. The van der Waals surface area contributed by atoms with Crippen molar-refractivity contribution in [3.8, 4) is 0 Å². The Labute approximate surface area is 134 Å². The van der Waals surface area contributed by atoms with Gasteiger partial charge in [0.25, 0.3) is 0 Å². The zero-order valence-corrected chi connectivity index (χ0v) is 14.0. The predicted octanol–water partition coefficient (Wildman–Crippen LogP) is 5.91. The van der Waals surface area contributed by atoms with E-state index in [1.54, 1.807) is 0 Å². The molecule has 0 fully saturated rings. The molecule has 2 heterocycles. The van der Waals surface area contributed by atoms with E-state index in [4.69, 9.17) is 0 Å². The molecule has 1 atom stereocenters. The van der Waals surface area contributed by atoms with Gasteiger partial charge in [-0.2, -0.15) is 0 Å². The quantitative estimate of drug-likeness (QED) is 0.567. The lowest BCUT2D eigenvalue weighted by molar-refractivity contribution is 0.529. The molecule has 0 aliphatic heterocycles. The van der Waals surface area contributed by atoms with Crippen molar-refractivity contribution in [2.24, 2.45) is 0 Å². The monoisotopic (exact) mass is 306 g/mol. The maximum absolute atomic E-state index is 4.67. The second-order valence-electron chi connectivity index (χ2n) is 5.60. The van der Waals surface area contributed by atoms with Crippen LogP contribution in [0.4, 0.5) is 0 Å². The molecule has 0 aliphatic carbocycles. The van der Waals surface area contributed by atoms with E-state index in [-0.39, 0.29) is 12.4 Å². The molecule has 0 aliphatic rings. The molecule has 0 amide bonds. The Balaban J connectivity index is 0.00000220. The summed E-state index contributed by atoms with van der Waals surface area (Å²) in [6.45, 7) is 4.54. The molecule has 21 heavy (non-hydrogen) atoms. The average molecular weight is 307 g/mol. The molecule has 116 valence electrons. The lowest BCUT2D eigenvalue weighted by Gasteiger charge is -2.16. The second-order valence-corrected chi connectivity index (χ2v) is 5.60. The minimum Gasteiger partial charge on any atom is -0.264 e. The minimum atomic E-state index is 0. The second kappa shape index (κ2) is 9.73. The van der Waals surface area contributed by atoms with Crippen LogP contribution >= 0.6 is 12.4 Å². The van der Waals surface area contributed by atoms with Gasteiger partial charge in [-0.05, 0) is 25.0 Å². The highest BCUT2D eigenvalue weighted by Gasteiger charge is 2.13. The van der Waals surface area contributed by atoms with E-state index in [2.05, 4.69) is 35.9 Å². The molecule has 3 heteroatoms. The Morgan fingerprint density at radius 1 is 1.00 bits per heavy atom. The van der Waals surface area contributed by atoms with Gasteiger partial charge in [-0.25, -0.2) is 0 Å². The number of halogens is 1. The summed E-state index contributed by atoms with van der Waals surface area (Å²) in [7, 11) is 0. The highest BCUT2D eigenvalue weighted by molar-refractivity contribution is 5.85. The number of nitrogens with zero attached hydrogens (tertiary/aromatic N) is 2. The average Bonchev–Trinajstić information content (AvgIpc) is 2.51. The minimum absolute atomic E-state index is 0. The van der Waals surface area contributed by atoms with Crippen molar-refractivity contribution >= 4 is 23.2 Å². The first-order valence-electron chi connectivity index (χ1n) is 8.05. The fourth-order valence-corrected chi connectivity index (χ4v) is 2.89. The third kappa shape index (κ3) is 4.96. The van der Waals surface area contributed by atoms with Crippen molar-refractivity contribution in [1.29, 1.82) is 0 Å². The fraction of sp³-hybridized carbons (Fsp3) is 0.556. The number of unbranched alkanes of at least 4 members (excludes halogenated alkanes) is 4. The Hall–Kier alpha value is -1.15. The van der Waals surface area contributed by atoms with Crippen LogP contribution in [-0.4, -0.2) is 9.97 Å². The maximum Gasteiger partial charge on any atom is 0.0513 e. The third-order valence-electron chi connectivity index (χ3n) is 4.13. The van der Waals surface area contributed by atoms with Crippen molar-refractivity contribution in [2.75, 3.05) is 0 Å². The van der Waals surface area contributed by atoms with Crippen LogP contribution in [0.25, 0.3) is 10.8 Å². The van der Waals surface area contributed by atoms with Crippen LogP contribution in [0.5, 0.6) is 0 Å². The van der Waals surface area contributed by atoms with Crippen LogP contribution in [0.1, 0.15) is 70.4 Å². The number of rotatable bonds is 8. The molecule has 1 unspecified atom stereocenters. The van der Waals surface area contributed by atoms with Gasteiger partial charge in [0, 0.05) is 35.3 Å². The summed E-state index contributed by atoms with van der Waals surface area (Å²) in [5.41, 5.74) is 1.27. The van der Waals surface area contributed by atoms with Crippen LogP contribution < -0.4 is 0 Å². The molecular formula is C18H27ClN2. The molecule has 2 aromatic rings. The Kier molecular flexibility index (Phi) is 8.29. The summed E-state index contributed by atoms with van der Waals surface area (Å²) in [5.74, 6) is 0.586. The number of pyridine rings is 2. The number of aromatic nitrogens is 2. The van der Waals surface area contributed by atoms with E-state index in [1.165, 1.54) is 61.4 Å². The summed E-state index contributed by atoms with van der Waals surface area (Å²) in [6, 6.07) is 4.16. The van der Waals surface area contributed by atoms with Gasteiger partial charge in [0.15, 0.2) is 0 Å². The first-order valence-corrected chi connectivity index (χ1v) is 8.05. The third-order valence-corrected chi connectivity index (χ3v) is 4.13. The highest BCUT2D eigenvalue weighted by atomic mass is 35.5. The Morgan fingerprint density at radius 2 is 1.81 bits per heavy atom. The summed E-state index contributed by atoms with van der Waals surface area (Å²) in [5, 5.41) is 2.49. The van der Waals surface area contributed by atoms with E-state index in [0.29, 0.717) is 5.92 Å². The van der Waals surface area contributed by atoms with Crippen LogP contribution in [0, 0.1) is 0 Å². The smallest absolute Gasteiger partial charge is 0.0513 e. The van der Waals surface area contributed by atoms with Crippen molar-refractivity contribution < 1.29 is 0 Å². The van der Waals surface area contributed by atoms with Crippen LogP contribution in [0.2, 0.25) is 0 Å². The molecule has 2 rings (SSSR count). The first-order chi connectivity index (χ1) is 9.86. The number of hydrogen-bond acceptors (Lipinski definition) is 2. The van der Waals surface area contributed by atoms with E-state index in [0.717, 1.165) is 0 Å². The van der Waals surface area contributed by atoms with Crippen molar-refractivity contribution in [1.82, 2.24) is 9.97 Å². The van der Waals surface area contributed by atoms with Crippen LogP contribution in [0.3, 0.4) is 0 Å². The summed E-state index contributed by atoms with van der Waals surface area (Å²) in [6.07, 6.45) is 14.9. The number of fused-ring (bicyclic) bond motifs is 1. The Bertz CT molecular complexity index is 522.